The summed E-state index contributed by atoms with van der Waals surface area (Å²) >= 11 is 1.43. The highest BCUT2D eigenvalue weighted by molar-refractivity contribution is 7.91. The SMILES string of the molecule is CC1(C)CC(=O)c2sc(N3CCCS(=O)(=O)CC3)nc2C1. The number of anilines is 1. The average molecular weight is 328 g/mol. The van der Waals surface area contributed by atoms with Gasteiger partial charge in [-0.3, -0.25) is 4.79 Å². The van der Waals surface area contributed by atoms with Gasteiger partial charge in [0.15, 0.2) is 20.8 Å². The van der Waals surface area contributed by atoms with E-state index >= 15 is 0 Å². The molecule has 7 heteroatoms. The minimum atomic E-state index is -2.92. The zero-order chi connectivity index (χ0) is 15.3. The van der Waals surface area contributed by atoms with Gasteiger partial charge in [0.05, 0.1) is 22.1 Å². The third-order valence-corrected chi connectivity index (χ3v) is 6.97. The molecule has 3 rings (SSSR count). The minimum absolute atomic E-state index is 0.0302. The molecule has 2 heterocycles. The van der Waals surface area contributed by atoms with E-state index in [9.17, 15) is 13.2 Å². The summed E-state index contributed by atoms with van der Waals surface area (Å²) in [7, 11) is -2.92. The van der Waals surface area contributed by atoms with Crippen molar-refractivity contribution in [3.63, 3.8) is 0 Å². The first-order valence-electron chi connectivity index (χ1n) is 7.24. The number of sulfone groups is 1. The van der Waals surface area contributed by atoms with Crippen molar-refractivity contribution in [1.29, 1.82) is 0 Å². The molecule has 21 heavy (non-hydrogen) atoms. The molecule has 0 unspecified atom stereocenters. The molecule has 0 spiro atoms. The van der Waals surface area contributed by atoms with E-state index in [0.29, 0.717) is 25.9 Å². The molecule has 0 N–H and O–H groups in total. The Balaban J connectivity index is 1.87. The van der Waals surface area contributed by atoms with E-state index in [-0.39, 0.29) is 22.7 Å². The number of Topliss-reactive ketones (excluding diaryl/α,β-unsaturated/α-hetero) is 1. The smallest absolute Gasteiger partial charge is 0.186 e. The van der Waals surface area contributed by atoms with E-state index in [0.717, 1.165) is 22.1 Å². The van der Waals surface area contributed by atoms with Crippen molar-refractivity contribution in [2.24, 2.45) is 5.41 Å². The van der Waals surface area contributed by atoms with Crippen LogP contribution >= 0.6 is 11.3 Å². The van der Waals surface area contributed by atoms with Gasteiger partial charge < -0.3 is 4.90 Å². The van der Waals surface area contributed by atoms with Crippen molar-refractivity contribution in [3.05, 3.63) is 10.6 Å². The van der Waals surface area contributed by atoms with Crippen LogP contribution in [0.2, 0.25) is 0 Å². The zero-order valence-electron chi connectivity index (χ0n) is 12.4. The van der Waals surface area contributed by atoms with Crippen LogP contribution in [0.5, 0.6) is 0 Å². The van der Waals surface area contributed by atoms with Gasteiger partial charge in [0.25, 0.3) is 0 Å². The largest absolute Gasteiger partial charge is 0.347 e. The number of thiazole rings is 1. The average Bonchev–Trinajstić information content (AvgIpc) is 2.66. The van der Waals surface area contributed by atoms with Gasteiger partial charge in [-0.2, -0.15) is 0 Å². The molecule has 0 radical (unpaired) electrons. The summed E-state index contributed by atoms with van der Waals surface area (Å²) in [5, 5.41) is 0.808. The third-order valence-electron chi connectivity index (χ3n) is 4.05. The van der Waals surface area contributed by atoms with Gasteiger partial charge in [0, 0.05) is 19.5 Å². The number of aromatic nitrogens is 1. The van der Waals surface area contributed by atoms with Crippen molar-refractivity contribution in [2.75, 3.05) is 29.5 Å². The number of fused-ring (bicyclic) bond motifs is 1. The van der Waals surface area contributed by atoms with Gasteiger partial charge in [-0.1, -0.05) is 25.2 Å². The van der Waals surface area contributed by atoms with Crippen molar-refractivity contribution in [1.82, 2.24) is 4.98 Å². The van der Waals surface area contributed by atoms with Gasteiger partial charge in [0.1, 0.15) is 0 Å². The predicted molar refractivity (Wildman–Crippen MR) is 84.0 cm³/mol. The number of rotatable bonds is 1. The zero-order valence-corrected chi connectivity index (χ0v) is 14.0. The number of carbonyl (C=O) groups is 1. The standard InChI is InChI=1S/C14H20N2O3S2/c1-14(2)8-10-12(11(17)9-14)20-13(15-10)16-4-3-6-21(18,19)7-5-16/h3-9H2,1-2H3. The summed E-state index contributed by atoms with van der Waals surface area (Å²) in [5.41, 5.74) is 0.862. The fraction of sp³-hybridized carbons (Fsp3) is 0.714. The van der Waals surface area contributed by atoms with Gasteiger partial charge in [-0.15, -0.1) is 0 Å². The molecule has 1 aromatic rings. The van der Waals surface area contributed by atoms with Crippen LogP contribution in [0.4, 0.5) is 5.13 Å². The highest BCUT2D eigenvalue weighted by atomic mass is 32.2. The van der Waals surface area contributed by atoms with Crippen LogP contribution in [0.15, 0.2) is 0 Å². The second-order valence-electron chi connectivity index (χ2n) is 6.71. The lowest BCUT2D eigenvalue weighted by molar-refractivity contribution is 0.0916. The molecule has 2 aliphatic rings. The van der Waals surface area contributed by atoms with Crippen LogP contribution in [0, 0.1) is 5.41 Å². The van der Waals surface area contributed by atoms with Crippen molar-refractivity contribution in [2.45, 2.75) is 33.1 Å². The summed E-state index contributed by atoms with van der Waals surface area (Å²) in [6, 6.07) is 0. The lowest BCUT2D eigenvalue weighted by Crippen LogP contribution is -2.27. The quantitative estimate of drug-likeness (QED) is 0.788. The summed E-state index contributed by atoms with van der Waals surface area (Å²) < 4.78 is 23.4. The summed E-state index contributed by atoms with van der Waals surface area (Å²) in [6.45, 7) is 5.35. The lowest BCUT2D eigenvalue weighted by Gasteiger charge is -2.26. The number of hydrogen-bond acceptors (Lipinski definition) is 6. The summed E-state index contributed by atoms with van der Waals surface area (Å²) in [4.78, 5) is 19.7. The van der Waals surface area contributed by atoms with Crippen LogP contribution in [0.25, 0.3) is 0 Å². The van der Waals surface area contributed by atoms with Crippen LogP contribution in [-0.4, -0.2) is 43.8 Å². The van der Waals surface area contributed by atoms with Crippen molar-refractivity contribution < 1.29 is 13.2 Å². The van der Waals surface area contributed by atoms with Gasteiger partial charge in [-0.05, 0) is 18.3 Å². The van der Waals surface area contributed by atoms with E-state index in [1.165, 1.54) is 11.3 Å². The number of carbonyl (C=O) groups excluding carboxylic acids is 1. The Morgan fingerprint density at radius 3 is 2.71 bits per heavy atom. The van der Waals surface area contributed by atoms with Gasteiger partial charge >= 0.3 is 0 Å². The molecule has 0 atom stereocenters. The molecule has 5 nitrogen and oxygen atoms in total. The van der Waals surface area contributed by atoms with E-state index in [1.807, 2.05) is 4.90 Å². The molecular weight excluding hydrogens is 308 g/mol. The first-order chi connectivity index (χ1) is 9.76. The van der Waals surface area contributed by atoms with Gasteiger partial charge in [-0.25, -0.2) is 13.4 Å². The Morgan fingerprint density at radius 2 is 1.95 bits per heavy atom. The Hall–Kier alpha value is -0.950. The molecule has 1 fully saturated rings. The Labute approximate surface area is 129 Å². The van der Waals surface area contributed by atoms with Gasteiger partial charge in [0.2, 0.25) is 0 Å². The number of nitrogens with zero attached hydrogens (tertiary/aromatic N) is 2. The molecule has 1 saturated heterocycles. The van der Waals surface area contributed by atoms with Crippen molar-refractivity contribution >= 4 is 32.1 Å². The van der Waals surface area contributed by atoms with Crippen LogP contribution in [0.1, 0.15) is 42.1 Å². The minimum Gasteiger partial charge on any atom is -0.347 e. The first kappa shape index (κ1) is 15.0. The van der Waals surface area contributed by atoms with E-state index in [4.69, 9.17) is 0 Å². The molecule has 1 aromatic heterocycles. The highest BCUT2D eigenvalue weighted by Crippen LogP contribution is 2.39. The van der Waals surface area contributed by atoms with Crippen molar-refractivity contribution in [3.8, 4) is 0 Å². The molecule has 0 aromatic carbocycles. The molecule has 1 aliphatic heterocycles. The monoisotopic (exact) mass is 328 g/mol. The number of ketones is 1. The Bertz CT molecular complexity index is 676. The van der Waals surface area contributed by atoms with Crippen LogP contribution < -0.4 is 4.90 Å². The molecule has 0 amide bonds. The van der Waals surface area contributed by atoms with E-state index in [2.05, 4.69) is 18.8 Å². The maximum atomic E-state index is 12.2. The van der Waals surface area contributed by atoms with E-state index < -0.39 is 9.84 Å². The fourth-order valence-electron chi connectivity index (χ4n) is 2.97. The molecular formula is C14H20N2O3S2. The normalized spacial score (nSPS) is 24.5. The highest BCUT2D eigenvalue weighted by Gasteiger charge is 2.34. The molecule has 1 aliphatic carbocycles. The van der Waals surface area contributed by atoms with E-state index in [1.54, 1.807) is 0 Å². The Morgan fingerprint density at radius 1 is 1.19 bits per heavy atom. The molecule has 0 bridgehead atoms. The Kier molecular flexibility index (Phi) is 3.60. The van der Waals surface area contributed by atoms with Crippen LogP contribution in [0.3, 0.4) is 0 Å². The second kappa shape index (κ2) is 5.05. The summed E-state index contributed by atoms with van der Waals surface area (Å²) in [5.74, 6) is 0.601. The maximum absolute atomic E-state index is 12.2. The predicted octanol–water partition coefficient (Wildman–Crippen LogP) is 1.92. The molecule has 116 valence electrons. The molecule has 0 saturated carbocycles. The number of hydrogen-bond donors (Lipinski definition) is 0. The maximum Gasteiger partial charge on any atom is 0.186 e. The second-order valence-corrected chi connectivity index (χ2v) is 9.99. The first-order valence-corrected chi connectivity index (χ1v) is 9.88. The third kappa shape index (κ3) is 3.13. The topological polar surface area (TPSA) is 67.3 Å². The lowest BCUT2D eigenvalue weighted by atomic mass is 9.78. The summed E-state index contributed by atoms with van der Waals surface area (Å²) in [6.07, 6.45) is 2.01. The van der Waals surface area contributed by atoms with Crippen LogP contribution in [-0.2, 0) is 16.3 Å². The fourth-order valence-corrected chi connectivity index (χ4v) is 5.32.